The number of amides is 2. The van der Waals surface area contributed by atoms with Crippen molar-refractivity contribution in [3.63, 3.8) is 0 Å². The summed E-state index contributed by atoms with van der Waals surface area (Å²) in [6.07, 6.45) is 1.63. The Labute approximate surface area is 184 Å². The van der Waals surface area contributed by atoms with Gasteiger partial charge in [-0.3, -0.25) is 14.5 Å². The highest BCUT2D eigenvalue weighted by atomic mass is 16.5. The maximum Gasteiger partial charge on any atom is 0.236 e. The predicted octanol–water partition coefficient (Wildman–Crippen LogP) is 2.42. The lowest BCUT2D eigenvalue weighted by atomic mass is 10.0. The number of nitrogens with zero attached hydrogens (tertiary/aromatic N) is 5. The summed E-state index contributed by atoms with van der Waals surface area (Å²) in [6, 6.07) is 8.15. The normalized spacial score (nSPS) is 15.2. The van der Waals surface area contributed by atoms with Gasteiger partial charge in [-0.1, -0.05) is 43.3 Å². The van der Waals surface area contributed by atoms with E-state index in [-0.39, 0.29) is 11.8 Å². The van der Waals surface area contributed by atoms with E-state index < -0.39 is 0 Å². The molecule has 0 atom stereocenters. The first-order valence-electron chi connectivity index (χ1n) is 11.0. The highest BCUT2D eigenvalue weighted by Crippen LogP contribution is 2.21. The van der Waals surface area contributed by atoms with Crippen LogP contribution in [0.3, 0.4) is 0 Å². The molecule has 8 nitrogen and oxygen atoms in total. The molecule has 1 fully saturated rings. The lowest BCUT2D eigenvalue weighted by molar-refractivity contribution is -0.131. The van der Waals surface area contributed by atoms with Crippen molar-refractivity contribution < 1.29 is 14.1 Å². The van der Waals surface area contributed by atoms with Gasteiger partial charge in [-0.15, -0.1) is 0 Å². The number of aromatic nitrogens is 2. The second-order valence-corrected chi connectivity index (χ2v) is 8.59. The third kappa shape index (κ3) is 6.37. The van der Waals surface area contributed by atoms with Crippen LogP contribution in [0, 0.1) is 0 Å². The molecule has 0 radical (unpaired) electrons. The van der Waals surface area contributed by atoms with Crippen LogP contribution in [0.5, 0.6) is 0 Å². The molecule has 2 heterocycles. The van der Waals surface area contributed by atoms with Crippen molar-refractivity contribution in [1.29, 1.82) is 0 Å². The van der Waals surface area contributed by atoms with Gasteiger partial charge in [-0.25, -0.2) is 0 Å². The molecule has 1 saturated heterocycles. The summed E-state index contributed by atoms with van der Waals surface area (Å²) in [5.74, 6) is 1.67. The lowest BCUT2D eigenvalue weighted by Crippen LogP contribution is -2.39. The first-order chi connectivity index (χ1) is 14.8. The Hall–Kier alpha value is -2.74. The van der Waals surface area contributed by atoms with E-state index in [1.807, 2.05) is 17.0 Å². The smallest absolute Gasteiger partial charge is 0.236 e. The fourth-order valence-electron chi connectivity index (χ4n) is 3.57. The first-order valence-corrected chi connectivity index (χ1v) is 11.0. The largest absolute Gasteiger partial charge is 0.348 e. The van der Waals surface area contributed by atoms with Gasteiger partial charge >= 0.3 is 0 Å². The summed E-state index contributed by atoms with van der Waals surface area (Å²) in [5, 5.41) is 4.06. The molecule has 168 valence electrons. The molecule has 1 aromatic heterocycles. The molecule has 0 aliphatic carbocycles. The van der Waals surface area contributed by atoms with Crippen LogP contribution >= 0.6 is 0 Å². The number of carbonyl (C=O) groups excluding carboxylic acids is 2. The number of benzene rings is 1. The number of rotatable bonds is 7. The summed E-state index contributed by atoms with van der Waals surface area (Å²) >= 11 is 0. The topological polar surface area (TPSA) is 82.8 Å². The zero-order valence-corrected chi connectivity index (χ0v) is 19.0. The number of hydrogen-bond acceptors (Lipinski definition) is 6. The van der Waals surface area contributed by atoms with Crippen LogP contribution in [0.25, 0.3) is 11.4 Å². The van der Waals surface area contributed by atoms with Crippen molar-refractivity contribution in [2.75, 3.05) is 46.8 Å². The molecule has 2 amide bonds. The van der Waals surface area contributed by atoms with Crippen molar-refractivity contribution in [3.05, 3.63) is 35.7 Å². The SMILES string of the molecule is CC(C)c1ccc(-c2noc(CCC(=O)N3CCCN(CC(=O)N(C)C)CC3)n2)cc1. The number of carbonyl (C=O) groups is 2. The summed E-state index contributed by atoms with van der Waals surface area (Å²) in [5.41, 5.74) is 2.17. The third-order valence-electron chi connectivity index (χ3n) is 5.66. The molecule has 2 aromatic rings. The highest BCUT2D eigenvalue weighted by molar-refractivity contribution is 5.78. The van der Waals surface area contributed by atoms with Crippen molar-refractivity contribution in [1.82, 2.24) is 24.8 Å². The van der Waals surface area contributed by atoms with E-state index >= 15 is 0 Å². The molecule has 31 heavy (non-hydrogen) atoms. The minimum absolute atomic E-state index is 0.0850. The molecule has 1 aromatic carbocycles. The Bertz CT molecular complexity index is 876. The van der Waals surface area contributed by atoms with Crippen molar-refractivity contribution in [2.45, 2.75) is 39.0 Å². The Morgan fingerprint density at radius 2 is 1.84 bits per heavy atom. The van der Waals surface area contributed by atoms with Crippen LogP contribution in [0.1, 0.15) is 44.1 Å². The third-order valence-corrected chi connectivity index (χ3v) is 5.66. The van der Waals surface area contributed by atoms with E-state index in [0.29, 0.717) is 56.7 Å². The van der Waals surface area contributed by atoms with Gasteiger partial charge in [0, 0.05) is 58.7 Å². The van der Waals surface area contributed by atoms with Gasteiger partial charge < -0.3 is 14.3 Å². The van der Waals surface area contributed by atoms with E-state index in [9.17, 15) is 9.59 Å². The fraction of sp³-hybridized carbons (Fsp3) is 0.565. The lowest BCUT2D eigenvalue weighted by Gasteiger charge is -2.22. The van der Waals surface area contributed by atoms with E-state index in [1.165, 1.54) is 5.56 Å². The number of aryl methyl sites for hydroxylation is 1. The highest BCUT2D eigenvalue weighted by Gasteiger charge is 2.21. The maximum absolute atomic E-state index is 12.7. The molecular weight excluding hydrogens is 394 g/mol. The zero-order valence-electron chi connectivity index (χ0n) is 19.0. The quantitative estimate of drug-likeness (QED) is 0.675. The van der Waals surface area contributed by atoms with Crippen LogP contribution < -0.4 is 0 Å². The Morgan fingerprint density at radius 1 is 1.10 bits per heavy atom. The number of hydrogen-bond donors (Lipinski definition) is 0. The summed E-state index contributed by atoms with van der Waals surface area (Å²) in [4.78, 5) is 34.7. The second kappa shape index (κ2) is 10.5. The molecule has 0 unspecified atom stereocenters. The van der Waals surface area contributed by atoms with Crippen molar-refractivity contribution in [2.24, 2.45) is 0 Å². The van der Waals surface area contributed by atoms with Crippen LogP contribution in [0.2, 0.25) is 0 Å². The average molecular weight is 428 g/mol. The molecule has 8 heteroatoms. The van der Waals surface area contributed by atoms with Crippen LogP contribution in [-0.2, 0) is 16.0 Å². The molecule has 0 spiro atoms. The predicted molar refractivity (Wildman–Crippen MR) is 118 cm³/mol. The van der Waals surface area contributed by atoms with Crippen LogP contribution in [-0.4, -0.2) is 83.5 Å². The van der Waals surface area contributed by atoms with E-state index in [0.717, 1.165) is 18.5 Å². The van der Waals surface area contributed by atoms with Gasteiger partial charge in [0.1, 0.15) is 0 Å². The molecule has 0 saturated carbocycles. The molecule has 1 aliphatic heterocycles. The van der Waals surface area contributed by atoms with Gasteiger partial charge in [-0.2, -0.15) is 4.98 Å². The molecular formula is C23H33N5O3. The first kappa shape index (κ1) is 22.9. The number of likely N-dealkylation sites (N-methyl/N-ethyl adjacent to an activating group) is 1. The van der Waals surface area contributed by atoms with Gasteiger partial charge in [0.2, 0.25) is 23.5 Å². The Kier molecular flexibility index (Phi) is 7.79. The fourth-order valence-corrected chi connectivity index (χ4v) is 3.57. The van der Waals surface area contributed by atoms with Crippen LogP contribution in [0.15, 0.2) is 28.8 Å². The standard InChI is InChI=1S/C23H33N5O3/c1-17(2)18-6-8-19(9-7-18)23-24-20(31-25-23)10-11-21(29)28-13-5-12-27(14-15-28)16-22(30)26(3)4/h6-9,17H,5,10-16H2,1-4H3. The van der Waals surface area contributed by atoms with E-state index in [2.05, 4.69) is 41.0 Å². The van der Waals surface area contributed by atoms with E-state index in [4.69, 9.17) is 4.52 Å². The molecule has 3 rings (SSSR count). The average Bonchev–Trinajstić information content (AvgIpc) is 3.10. The maximum atomic E-state index is 12.7. The minimum Gasteiger partial charge on any atom is -0.348 e. The monoisotopic (exact) mass is 427 g/mol. The minimum atomic E-state index is 0.0850. The summed E-state index contributed by atoms with van der Waals surface area (Å²) in [6.45, 7) is 7.60. The van der Waals surface area contributed by atoms with E-state index in [1.54, 1.807) is 19.0 Å². The van der Waals surface area contributed by atoms with Crippen molar-refractivity contribution in [3.8, 4) is 11.4 Å². The van der Waals surface area contributed by atoms with Gasteiger partial charge in [0.25, 0.3) is 0 Å². The zero-order chi connectivity index (χ0) is 22.4. The molecule has 0 bridgehead atoms. The van der Waals surface area contributed by atoms with Crippen molar-refractivity contribution >= 4 is 11.8 Å². The Morgan fingerprint density at radius 3 is 2.52 bits per heavy atom. The van der Waals surface area contributed by atoms with Gasteiger partial charge in [-0.05, 0) is 17.9 Å². The second-order valence-electron chi connectivity index (χ2n) is 8.59. The summed E-state index contributed by atoms with van der Waals surface area (Å²) < 4.78 is 5.36. The van der Waals surface area contributed by atoms with Gasteiger partial charge in [0.15, 0.2) is 0 Å². The van der Waals surface area contributed by atoms with Gasteiger partial charge in [0.05, 0.1) is 6.54 Å². The molecule has 1 aliphatic rings. The molecule has 0 N–H and O–H groups in total. The Balaban J connectivity index is 1.49. The van der Waals surface area contributed by atoms with Crippen LogP contribution in [0.4, 0.5) is 0 Å². The summed E-state index contributed by atoms with van der Waals surface area (Å²) in [7, 11) is 3.53.